The number of urea groups is 1. The Labute approximate surface area is 240 Å². The molecule has 6 rings (SSSR count). The summed E-state index contributed by atoms with van der Waals surface area (Å²) >= 11 is 1.23. The molecule has 0 radical (unpaired) electrons. The molecule has 1 aliphatic heterocycles. The lowest BCUT2D eigenvalue weighted by atomic mass is 9.90. The van der Waals surface area contributed by atoms with Crippen LogP contribution in [0.4, 0.5) is 21.9 Å². The Balaban J connectivity index is 1.30. The minimum Gasteiger partial charge on any atom is -0.439 e. The molecule has 1 saturated carbocycles. The highest BCUT2D eigenvalue weighted by Gasteiger charge is 2.35. The van der Waals surface area contributed by atoms with Crippen molar-refractivity contribution in [2.75, 3.05) is 10.2 Å². The zero-order valence-electron chi connectivity index (χ0n) is 22.3. The van der Waals surface area contributed by atoms with E-state index in [2.05, 4.69) is 32.5 Å². The number of hydrogen-bond donors (Lipinski definition) is 3. The van der Waals surface area contributed by atoms with E-state index in [-0.39, 0.29) is 29.9 Å². The minimum atomic E-state index is -0.382. The van der Waals surface area contributed by atoms with Gasteiger partial charge in [-0.05, 0) is 61.7 Å². The van der Waals surface area contributed by atoms with Crippen LogP contribution in [0.2, 0.25) is 0 Å². The van der Waals surface area contributed by atoms with E-state index >= 15 is 0 Å². The van der Waals surface area contributed by atoms with Gasteiger partial charge in [0, 0.05) is 30.5 Å². The van der Waals surface area contributed by atoms with E-state index in [0.29, 0.717) is 43.8 Å². The molecular formula is C30H28N6O4S. The van der Waals surface area contributed by atoms with E-state index in [0.717, 1.165) is 31.2 Å². The van der Waals surface area contributed by atoms with Crippen molar-refractivity contribution < 1.29 is 19.1 Å². The van der Waals surface area contributed by atoms with E-state index in [1.54, 1.807) is 35.5 Å². The maximum absolute atomic E-state index is 13.6. The van der Waals surface area contributed by atoms with Crippen LogP contribution in [0, 0.1) is 6.92 Å². The molecule has 1 fully saturated rings. The van der Waals surface area contributed by atoms with Crippen LogP contribution in [0.25, 0.3) is 10.2 Å². The van der Waals surface area contributed by atoms with Crippen molar-refractivity contribution in [3.63, 3.8) is 0 Å². The van der Waals surface area contributed by atoms with Crippen LogP contribution in [-0.2, 0) is 4.79 Å². The maximum Gasteiger partial charge on any atom is 0.331 e. The summed E-state index contributed by atoms with van der Waals surface area (Å²) in [5, 5.41) is 9.68. The van der Waals surface area contributed by atoms with Gasteiger partial charge in [0.1, 0.15) is 15.5 Å². The summed E-state index contributed by atoms with van der Waals surface area (Å²) < 4.78 is 5.86. The van der Waals surface area contributed by atoms with Gasteiger partial charge >= 0.3 is 6.03 Å². The van der Waals surface area contributed by atoms with Crippen molar-refractivity contribution >= 4 is 56.5 Å². The fraction of sp³-hybridized carbons (Fsp3) is 0.233. The lowest BCUT2D eigenvalue weighted by Gasteiger charge is -2.32. The SMILES string of the molecule is C=CC(=O)N[C@H]1CCCC[C@H]1NC(=O)c1sc2nccc3c2c1NC(=O)N3c1ccc(Oc2ccccn2)cc1C. The highest BCUT2D eigenvalue weighted by Crippen LogP contribution is 2.46. The van der Waals surface area contributed by atoms with Crippen molar-refractivity contribution in [3.8, 4) is 11.6 Å². The molecule has 3 aromatic heterocycles. The molecule has 1 aliphatic carbocycles. The number of carbonyl (C=O) groups excluding carboxylic acids is 3. The number of rotatable bonds is 7. The fourth-order valence-corrected chi connectivity index (χ4v) is 6.43. The van der Waals surface area contributed by atoms with E-state index < -0.39 is 0 Å². The molecule has 208 valence electrons. The van der Waals surface area contributed by atoms with Gasteiger partial charge in [-0.1, -0.05) is 25.5 Å². The van der Waals surface area contributed by atoms with Crippen LogP contribution in [0.3, 0.4) is 0 Å². The Morgan fingerprint density at radius 3 is 2.61 bits per heavy atom. The summed E-state index contributed by atoms with van der Waals surface area (Å²) in [4.78, 5) is 50.4. The van der Waals surface area contributed by atoms with Crippen molar-refractivity contribution in [2.45, 2.75) is 44.7 Å². The number of aryl methyl sites for hydroxylation is 1. The molecule has 0 spiro atoms. The average molecular weight is 569 g/mol. The number of ether oxygens (including phenoxy) is 1. The molecular weight excluding hydrogens is 540 g/mol. The van der Waals surface area contributed by atoms with Gasteiger partial charge in [0.25, 0.3) is 5.91 Å². The Kier molecular flexibility index (Phi) is 7.10. The molecule has 2 atom stereocenters. The van der Waals surface area contributed by atoms with E-state index in [9.17, 15) is 14.4 Å². The Morgan fingerprint density at radius 1 is 1.07 bits per heavy atom. The molecule has 4 heterocycles. The van der Waals surface area contributed by atoms with Gasteiger partial charge < -0.3 is 20.7 Å². The monoisotopic (exact) mass is 568 g/mol. The van der Waals surface area contributed by atoms with Gasteiger partial charge in [0.15, 0.2) is 0 Å². The molecule has 0 unspecified atom stereocenters. The maximum atomic E-state index is 13.6. The molecule has 0 saturated heterocycles. The predicted octanol–water partition coefficient (Wildman–Crippen LogP) is 5.82. The Hall–Kier alpha value is -4.77. The van der Waals surface area contributed by atoms with Crippen molar-refractivity contribution in [1.29, 1.82) is 0 Å². The summed E-state index contributed by atoms with van der Waals surface area (Å²) in [5.41, 5.74) is 2.58. The number of amides is 4. The Morgan fingerprint density at radius 2 is 1.88 bits per heavy atom. The van der Waals surface area contributed by atoms with Crippen LogP contribution in [0.15, 0.2) is 67.5 Å². The first-order chi connectivity index (χ1) is 19.9. The first-order valence-corrected chi connectivity index (χ1v) is 14.2. The Bertz CT molecular complexity index is 1670. The van der Waals surface area contributed by atoms with E-state index in [1.165, 1.54) is 17.4 Å². The molecule has 11 heteroatoms. The predicted molar refractivity (Wildman–Crippen MR) is 158 cm³/mol. The summed E-state index contributed by atoms with van der Waals surface area (Å²) in [6.45, 7) is 5.43. The molecule has 3 N–H and O–H groups in total. The molecule has 4 amide bonds. The summed E-state index contributed by atoms with van der Waals surface area (Å²) in [6, 6.07) is 11.9. The summed E-state index contributed by atoms with van der Waals surface area (Å²) in [7, 11) is 0. The standard InChI is InChI=1S/C30H28N6O4S/c1-3-23(37)33-19-8-4-5-9-20(19)34-28(38)27-26-25-22(13-15-32-29(25)41-27)36(30(39)35-26)21-12-11-18(16-17(21)2)40-24-10-6-7-14-31-24/h3,6-7,10-16,19-20H,1,4-5,8-9H2,2H3,(H,33,37)(H,34,38)(H,35,39)/t19-,20+/m0/s1. The van der Waals surface area contributed by atoms with Crippen LogP contribution in [0.5, 0.6) is 11.6 Å². The zero-order chi connectivity index (χ0) is 28.5. The van der Waals surface area contributed by atoms with Crippen LogP contribution >= 0.6 is 11.3 Å². The lowest BCUT2D eigenvalue weighted by Crippen LogP contribution is -2.52. The third-order valence-electron chi connectivity index (χ3n) is 7.32. The van der Waals surface area contributed by atoms with Gasteiger partial charge in [-0.25, -0.2) is 14.8 Å². The molecule has 41 heavy (non-hydrogen) atoms. The number of nitrogens with zero attached hydrogens (tertiary/aromatic N) is 3. The average Bonchev–Trinajstić information content (AvgIpc) is 3.35. The van der Waals surface area contributed by atoms with Crippen molar-refractivity contribution in [1.82, 2.24) is 20.6 Å². The summed E-state index contributed by atoms with van der Waals surface area (Å²) in [5.74, 6) is 0.505. The molecule has 2 aliphatic rings. The largest absolute Gasteiger partial charge is 0.439 e. The van der Waals surface area contributed by atoms with Crippen LogP contribution < -0.4 is 25.6 Å². The van der Waals surface area contributed by atoms with Gasteiger partial charge in [-0.3, -0.25) is 14.5 Å². The number of nitrogens with one attached hydrogen (secondary N) is 3. The fourth-order valence-electron chi connectivity index (χ4n) is 5.41. The minimum absolute atomic E-state index is 0.185. The third-order valence-corrected chi connectivity index (χ3v) is 8.41. The normalized spacial score (nSPS) is 18.0. The highest BCUT2D eigenvalue weighted by atomic mass is 32.1. The van der Waals surface area contributed by atoms with Gasteiger partial charge in [0.05, 0.1) is 22.4 Å². The van der Waals surface area contributed by atoms with E-state index in [1.807, 2.05) is 31.2 Å². The smallest absolute Gasteiger partial charge is 0.331 e. The van der Waals surface area contributed by atoms with Crippen molar-refractivity contribution in [2.24, 2.45) is 0 Å². The molecule has 0 bridgehead atoms. The quantitative estimate of drug-likeness (QED) is 0.241. The number of benzene rings is 1. The van der Waals surface area contributed by atoms with Crippen molar-refractivity contribution in [3.05, 3.63) is 78.0 Å². The van der Waals surface area contributed by atoms with Gasteiger partial charge in [-0.2, -0.15) is 0 Å². The molecule has 1 aromatic carbocycles. The van der Waals surface area contributed by atoms with E-state index in [4.69, 9.17) is 4.74 Å². The number of aromatic nitrogens is 2. The number of pyridine rings is 2. The lowest BCUT2D eigenvalue weighted by molar-refractivity contribution is -0.117. The first kappa shape index (κ1) is 26.5. The van der Waals surface area contributed by atoms with Gasteiger partial charge in [0.2, 0.25) is 11.8 Å². The second-order valence-corrected chi connectivity index (χ2v) is 11.0. The second-order valence-electron chi connectivity index (χ2n) is 9.98. The second kappa shape index (κ2) is 11.0. The highest BCUT2D eigenvalue weighted by molar-refractivity contribution is 7.21. The molecule has 4 aromatic rings. The number of carbonyl (C=O) groups is 3. The van der Waals surface area contributed by atoms with Gasteiger partial charge in [-0.15, -0.1) is 11.3 Å². The number of thiophene rings is 1. The topological polar surface area (TPSA) is 126 Å². The molecule has 10 nitrogen and oxygen atoms in total. The first-order valence-electron chi connectivity index (χ1n) is 13.4. The zero-order valence-corrected chi connectivity index (χ0v) is 23.2. The van der Waals surface area contributed by atoms with Crippen LogP contribution in [0.1, 0.15) is 40.9 Å². The number of hydrogen-bond acceptors (Lipinski definition) is 7. The third kappa shape index (κ3) is 5.11. The summed E-state index contributed by atoms with van der Waals surface area (Å²) in [6.07, 6.45) is 7.97. The number of anilines is 3. The van der Waals surface area contributed by atoms with Crippen LogP contribution in [-0.4, -0.2) is 39.9 Å².